The van der Waals surface area contributed by atoms with Crippen molar-refractivity contribution in [2.75, 3.05) is 11.1 Å². The molecule has 0 saturated heterocycles. The minimum atomic E-state index is -2.83. The predicted molar refractivity (Wildman–Crippen MR) is 74.1 cm³/mol. The van der Waals surface area contributed by atoms with Gasteiger partial charge in [-0.1, -0.05) is 12.1 Å². The van der Waals surface area contributed by atoms with Crippen molar-refractivity contribution in [3.8, 4) is 5.75 Å². The third-order valence-electron chi connectivity index (χ3n) is 2.72. The largest absolute Gasteiger partial charge is 0.435 e. The molecule has 3 N–H and O–H groups in total. The molecule has 0 aliphatic rings. The number of aryl methyl sites for hydroxylation is 1. The molecule has 8 heteroatoms. The highest BCUT2D eigenvalue weighted by molar-refractivity contribution is 5.36. The maximum atomic E-state index is 12.1. The Balaban J connectivity index is 2.07. The molecule has 2 rings (SSSR count). The van der Waals surface area contributed by atoms with Gasteiger partial charge < -0.3 is 15.8 Å². The number of hydrogen-bond acceptors (Lipinski definition) is 6. The monoisotopic (exact) mass is 295 g/mol. The summed E-state index contributed by atoms with van der Waals surface area (Å²) in [6.45, 7) is 0.769. The Morgan fingerprint density at radius 2 is 1.81 bits per heavy atom. The maximum Gasteiger partial charge on any atom is 0.387 e. The van der Waals surface area contributed by atoms with Crippen LogP contribution in [0.15, 0.2) is 24.3 Å². The first-order chi connectivity index (χ1) is 9.94. The zero-order valence-corrected chi connectivity index (χ0v) is 11.5. The average Bonchev–Trinajstić information content (AvgIpc) is 2.37. The topological polar surface area (TPSA) is 86.0 Å². The standard InChI is InChI=1S/C13H15F2N5O/c1-7(17-13-19-8(2)18-12(16)20-13)9-3-5-10(6-4-9)21-11(14)15/h3-7,11H,1-2H3,(H3,16,17,18,19,20). The van der Waals surface area contributed by atoms with Gasteiger partial charge in [0.05, 0.1) is 6.04 Å². The van der Waals surface area contributed by atoms with Crippen LogP contribution in [0.2, 0.25) is 0 Å². The molecule has 1 aromatic carbocycles. The number of ether oxygens (including phenoxy) is 1. The number of aromatic nitrogens is 3. The first-order valence-electron chi connectivity index (χ1n) is 6.23. The lowest BCUT2D eigenvalue weighted by Crippen LogP contribution is -2.12. The van der Waals surface area contributed by atoms with Crippen molar-refractivity contribution < 1.29 is 13.5 Å². The molecule has 0 radical (unpaired) electrons. The minimum Gasteiger partial charge on any atom is -0.435 e. The van der Waals surface area contributed by atoms with E-state index in [1.807, 2.05) is 6.92 Å². The van der Waals surface area contributed by atoms with E-state index in [-0.39, 0.29) is 17.7 Å². The highest BCUT2D eigenvalue weighted by Crippen LogP contribution is 2.21. The minimum absolute atomic E-state index is 0.112. The Kier molecular flexibility index (Phi) is 4.46. The van der Waals surface area contributed by atoms with Crippen LogP contribution in [0.4, 0.5) is 20.7 Å². The van der Waals surface area contributed by atoms with Gasteiger partial charge in [0, 0.05) is 0 Å². The summed E-state index contributed by atoms with van der Waals surface area (Å²) in [6.07, 6.45) is 0. The number of nitrogens with one attached hydrogen (secondary N) is 1. The van der Waals surface area contributed by atoms with E-state index >= 15 is 0 Å². The normalized spacial score (nSPS) is 12.2. The van der Waals surface area contributed by atoms with Crippen molar-refractivity contribution in [2.24, 2.45) is 0 Å². The van der Waals surface area contributed by atoms with Crippen LogP contribution < -0.4 is 15.8 Å². The van der Waals surface area contributed by atoms with Gasteiger partial charge >= 0.3 is 6.61 Å². The summed E-state index contributed by atoms with van der Waals surface area (Å²) in [7, 11) is 0. The second kappa shape index (κ2) is 6.29. The molecule has 112 valence electrons. The van der Waals surface area contributed by atoms with Gasteiger partial charge in [-0.15, -0.1) is 0 Å². The van der Waals surface area contributed by atoms with Gasteiger partial charge in [0.1, 0.15) is 11.6 Å². The van der Waals surface area contributed by atoms with E-state index in [1.165, 1.54) is 12.1 Å². The quantitative estimate of drug-likeness (QED) is 0.881. The highest BCUT2D eigenvalue weighted by atomic mass is 19.3. The Morgan fingerprint density at radius 3 is 2.38 bits per heavy atom. The third-order valence-corrected chi connectivity index (χ3v) is 2.72. The number of benzene rings is 1. The number of nitrogen functional groups attached to an aromatic ring is 1. The Bertz CT molecular complexity index is 586. The van der Waals surface area contributed by atoms with Crippen molar-refractivity contribution >= 4 is 11.9 Å². The number of nitrogens with two attached hydrogens (primary N) is 1. The van der Waals surface area contributed by atoms with Crippen LogP contribution in [0, 0.1) is 6.92 Å². The molecule has 1 atom stereocenters. The molecule has 21 heavy (non-hydrogen) atoms. The van der Waals surface area contributed by atoms with Crippen LogP contribution in [-0.4, -0.2) is 21.6 Å². The molecule has 0 bridgehead atoms. The second-order valence-electron chi connectivity index (χ2n) is 4.38. The molecule has 0 fully saturated rings. The van der Waals surface area contributed by atoms with Crippen molar-refractivity contribution in [2.45, 2.75) is 26.5 Å². The van der Waals surface area contributed by atoms with E-state index < -0.39 is 6.61 Å². The average molecular weight is 295 g/mol. The summed E-state index contributed by atoms with van der Waals surface area (Å²) in [4.78, 5) is 12.0. The van der Waals surface area contributed by atoms with Crippen molar-refractivity contribution in [3.63, 3.8) is 0 Å². The van der Waals surface area contributed by atoms with E-state index in [2.05, 4.69) is 25.0 Å². The lowest BCUT2D eigenvalue weighted by Gasteiger charge is -2.15. The fourth-order valence-corrected chi connectivity index (χ4v) is 1.78. The lowest BCUT2D eigenvalue weighted by atomic mass is 10.1. The van der Waals surface area contributed by atoms with Crippen LogP contribution in [0.1, 0.15) is 24.4 Å². The summed E-state index contributed by atoms with van der Waals surface area (Å²) in [5.74, 6) is 1.12. The number of rotatable bonds is 5. The Morgan fingerprint density at radius 1 is 1.14 bits per heavy atom. The van der Waals surface area contributed by atoms with Gasteiger partial charge in [0.25, 0.3) is 0 Å². The van der Waals surface area contributed by atoms with E-state index in [4.69, 9.17) is 5.73 Å². The third kappa shape index (κ3) is 4.23. The molecule has 2 aromatic rings. The molecule has 0 spiro atoms. The van der Waals surface area contributed by atoms with Crippen molar-refractivity contribution in [1.29, 1.82) is 0 Å². The number of anilines is 2. The molecule has 0 aliphatic heterocycles. The number of halogens is 2. The molecule has 0 amide bonds. The summed E-state index contributed by atoms with van der Waals surface area (Å²) in [5, 5.41) is 3.07. The molecular weight excluding hydrogens is 280 g/mol. The molecule has 1 unspecified atom stereocenters. The molecule has 1 aromatic heterocycles. The SMILES string of the molecule is Cc1nc(N)nc(NC(C)c2ccc(OC(F)F)cc2)n1. The zero-order chi connectivity index (χ0) is 15.4. The molecule has 0 aliphatic carbocycles. The van der Waals surface area contributed by atoms with Crippen molar-refractivity contribution in [3.05, 3.63) is 35.7 Å². The highest BCUT2D eigenvalue weighted by Gasteiger charge is 2.10. The first-order valence-corrected chi connectivity index (χ1v) is 6.23. The van der Waals surface area contributed by atoms with E-state index in [1.54, 1.807) is 19.1 Å². The van der Waals surface area contributed by atoms with Crippen LogP contribution in [-0.2, 0) is 0 Å². The van der Waals surface area contributed by atoms with Gasteiger partial charge in [0.2, 0.25) is 11.9 Å². The molecular formula is C13H15F2N5O. The number of alkyl halides is 2. The molecule has 0 saturated carbocycles. The van der Waals surface area contributed by atoms with E-state index in [0.717, 1.165) is 5.56 Å². The Hall–Kier alpha value is -2.51. The lowest BCUT2D eigenvalue weighted by molar-refractivity contribution is -0.0498. The van der Waals surface area contributed by atoms with Crippen LogP contribution in [0.5, 0.6) is 5.75 Å². The number of hydrogen-bond donors (Lipinski definition) is 2. The smallest absolute Gasteiger partial charge is 0.387 e. The summed E-state index contributed by atoms with van der Waals surface area (Å²) >= 11 is 0. The van der Waals surface area contributed by atoms with Crippen LogP contribution >= 0.6 is 0 Å². The Labute approximate surface area is 120 Å². The summed E-state index contributed by atoms with van der Waals surface area (Å²) < 4.78 is 28.4. The predicted octanol–water partition coefficient (Wildman–Crippen LogP) is 2.54. The van der Waals surface area contributed by atoms with Crippen LogP contribution in [0.25, 0.3) is 0 Å². The van der Waals surface area contributed by atoms with Gasteiger partial charge in [-0.05, 0) is 31.5 Å². The fraction of sp³-hybridized carbons (Fsp3) is 0.308. The molecule has 6 nitrogen and oxygen atoms in total. The fourth-order valence-electron chi connectivity index (χ4n) is 1.78. The van der Waals surface area contributed by atoms with Gasteiger partial charge in [-0.2, -0.15) is 23.7 Å². The van der Waals surface area contributed by atoms with Gasteiger partial charge in [-0.3, -0.25) is 0 Å². The van der Waals surface area contributed by atoms with E-state index in [0.29, 0.717) is 11.8 Å². The van der Waals surface area contributed by atoms with Gasteiger partial charge in [-0.25, -0.2) is 0 Å². The molecule has 1 heterocycles. The first kappa shape index (κ1) is 14.9. The van der Waals surface area contributed by atoms with Crippen LogP contribution in [0.3, 0.4) is 0 Å². The van der Waals surface area contributed by atoms with Crippen molar-refractivity contribution in [1.82, 2.24) is 15.0 Å². The van der Waals surface area contributed by atoms with Gasteiger partial charge in [0.15, 0.2) is 0 Å². The summed E-state index contributed by atoms with van der Waals surface area (Å²) in [6, 6.07) is 6.20. The second-order valence-corrected chi connectivity index (χ2v) is 4.38. The van der Waals surface area contributed by atoms with E-state index in [9.17, 15) is 8.78 Å². The number of nitrogens with zero attached hydrogens (tertiary/aromatic N) is 3. The zero-order valence-electron chi connectivity index (χ0n) is 11.5. The maximum absolute atomic E-state index is 12.1. The summed E-state index contributed by atoms with van der Waals surface area (Å²) in [5.41, 5.74) is 6.42.